The molecule has 2 rings (SSSR count). The summed E-state index contributed by atoms with van der Waals surface area (Å²) in [5.74, 6) is -0.393. The fourth-order valence-electron chi connectivity index (χ4n) is 3.58. The quantitative estimate of drug-likeness (QED) is 0.418. The van der Waals surface area contributed by atoms with Crippen LogP contribution in [0.1, 0.15) is 32.8 Å². The van der Waals surface area contributed by atoms with Gasteiger partial charge in [-0.05, 0) is 48.2 Å². The first-order valence-corrected chi connectivity index (χ1v) is 14.1. The number of sulfonamides is 1. The Hall–Kier alpha value is -2.49. The van der Waals surface area contributed by atoms with E-state index >= 15 is 0 Å². The van der Waals surface area contributed by atoms with Crippen LogP contribution in [-0.4, -0.2) is 57.6 Å². The lowest BCUT2D eigenvalue weighted by Crippen LogP contribution is -2.52. The van der Waals surface area contributed by atoms with E-state index in [2.05, 4.69) is 5.32 Å². The molecule has 2 amide bonds. The molecular formula is C25H33Cl2N3O5S. The summed E-state index contributed by atoms with van der Waals surface area (Å²) < 4.78 is 31.8. The second-order valence-electron chi connectivity index (χ2n) is 8.80. The van der Waals surface area contributed by atoms with Gasteiger partial charge in [-0.25, -0.2) is 8.42 Å². The van der Waals surface area contributed by atoms with Crippen LogP contribution < -0.4 is 14.4 Å². The van der Waals surface area contributed by atoms with E-state index in [0.717, 1.165) is 16.1 Å². The standard InChI is InChI=1S/C25H33Cl2N3O5S/c1-6-21(25(32)28-14-17(2)3)29(15-18-7-9-19(26)10-8-18)24(31)16-30(36(5,33)34)22-13-20(27)11-12-23(22)35-4/h7-13,17,21H,6,14-16H2,1-5H3,(H,28,32). The minimum absolute atomic E-state index is 0.0912. The third-order valence-electron chi connectivity index (χ3n) is 5.43. The maximum Gasteiger partial charge on any atom is 0.244 e. The minimum atomic E-state index is -3.92. The third-order valence-corrected chi connectivity index (χ3v) is 7.04. The summed E-state index contributed by atoms with van der Waals surface area (Å²) in [7, 11) is -2.52. The van der Waals surface area contributed by atoms with Gasteiger partial charge in [0.15, 0.2) is 0 Å². The number of carbonyl (C=O) groups is 2. The van der Waals surface area contributed by atoms with Gasteiger partial charge in [-0.15, -0.1) is 0 Å². The summed E-state index contributed by atoms with van der Waals surface area (Å²) in [5.41, 5.74) is 0.874. The predicted molar refractivity (Wildman–Crippen MR) is 144 cm³/mol. The van der Waals surface area contributed by atoms with Crippen molar-refractivity contribution in [3.05, 3.63) is 58.1 Å². The fraction of sp³-hybridized carbons (Fsp3) is 0.440. The number of anilines is 1. The highest BCUT2D eigenvalue weighted by atomic mass is 35.5. The maximum atomic E-state index is 13.7. The second-order valence-corrected chi connectivity index (χ2v) is 11.6. The lowest BCUT2D eigenvalue weighted by molar-refractivity contribution is -0.140. The number of nitrogens with one attached hydrogen (secondary N) is 1. The lowest BCUT2D eigenvalue weighted by atomic mass is 10.1. The molecule has 0 aliphatic heterocycles. The molecule has 0 heterocycles. The largest absolute Gasteiger partial charge is 0.495 e. The van der Waals surface area contributed by atoms with Crippen molar-refractivity contribution < 1.29 is 22.7 Å². The summed E-state index contributed by atoms with van der Waals surface area (Å²) in [6.07, 6.45) is 1.33. The van der Waals surface area contributed by atoms with E-state index < -0.39 is 28.5 Å². The highest BCUT2D eigenvalue weighted by Gasteiger charge is 2.32. The van der Waals surface area contributed by atoms with E-state index in [-0.39, 0.29) is 34.8 Å². The molecule has 198 valence electrons. The van der Waals surface area contributed by atoms with Crippen LogP contribution in [0.3, 0.4) is 0 Å². The van der Waals surface area contributed by atoms with Gasteiger partial charge in [-0.1, -0.05) is 56.1 Å². The Morgan fingerprint density at radius 1 is 1.06 bits per heavy atom. The minimum Gasteiger partial charge on any atom is -0.495 e. The number of hydrogen-bond donors (Lipinski definition) is 1. The van der Waals surface area contributed by atoms with Gasteiger partial charge in [0.1, 0.15) is 18.3 Å². The van der Waals surface area contributed by atoms with E-state index in [0.29, 0.717) is 18.0 Å². The van der Waals surface area contributed by atoms with Crippen molar-refractivity contribution in [3.63, 3.8) is 0 Å². The summed E-state index contributed by atoms with van der Waals surface area (Å²) in [4.78, 5) is 28.2. The average Bonchev–Trinajstić information content (AvgIpc) is 2.81. The molecule has 0 radical (unpaired) electrons. The van der Waals surface area contributed by atoms with Gasteiger partial charge >= 0.3 is 0 Å². The number of hydrogen-bond acceptors (Lipinski definition) is 5. The fourth-order valence-corrected chi connectivity index (χ4v) is 4.72. The number of amides is 2. The Morgan fingerprint density at radius 3 is 2.19 bits per heavy atom. The number of methoxy groups -OCH3 is 1. The van der Waals surface area contributed by atoms with Crippen molar-refractivity contribution in [2.45, 2.75) is 39.8 Å². The zero-order valence-electron chi connectivity index (χ0n) is 21.1. The van der Waals surface area contributed by atoms with Crippen LogP contribution >= 0.6 is 23.2 Å². The molecule has 0 saturated carbocycles. The van der Waals surface area contributed by atoms with Gasteiger partial charge in [0.25, 0.3) is 0 Å². The molecule has 0 fully saturated rings. The molecule has 0 aliphatic carbocycles. The van der Waals surface area contributed by atoms with Crippen LogP contribution in [0.2, 0.25) is 10.0 Å². The molecule has 0 saturated heterocycles. The predicted octanol–water partition coefficient (Wildman–Crippen LogP) is 4.35. The SMILES string of the molecule is CCC(C(=O)NCC(C)C)N(Cc1ccc(Cl)cc1)C(=O)CN(c1cc(Cl)ccc1OC)S(C)(=O)=O. The number of ether oxygens (including phenoxy) is 1. The van der Waals surface area contributed by atoms with Gasteiger partial charge in [-0.2, -0.15) is 0 Å². The summed E-state index contributed by atoms with van der Waals surface area (Å²) >= 11 is 12.1. The molecule has 0 spiro atoms. The van der Waals surface area contributed by atoms with E-state index in [4.69, 9.17) is 27.9 Å². The van der Waals surface area contributed by atoms with E-state index in [1.165, 1.54) is 24.1 Å². The third kappa shape index (κ3) is 8.28. The number of rotatable bonds is 12. The molecule has 1 N–H and O–H groups in total. The van der Waals surface area contributed by atoms with Crippen molar-refractivity contribution in [1.82, 2.24) is 10.2 Å². The molecule has 0 aromatic heterocycles. The van der Waals surface area contributed by atoms with Crippen molar-refractivity contribution in [2.75, 3.05) is 30.8 Å². The Bertz CT molecular complexity index is 1160. The van der Waals surface area contributed by atoms with Crippen LogP contribution in [0.15, 0.2) is 42.5 Å². The number of halogens is 2. The second kappa shape index (κ2) is 13.2. The smallest absolute Gasteiger partial charge is 0.244 e. The zero-order chi connectivity index (χ0) is 27.0. The summed E-state index contributed by atoms with van der Waals surface area (Å²) in [5, 5.41) is 3.70. The normalized spacial score (nSPS) is 12.2. The van der Waals surface area contributed by atoms with Gasteiger partial charge in [0.05, 0.1) is 19.1 Å². The van der Waals surface area contributed by atoms with Crippen LogP contribution in [0.4, 0.5) is 5.69 Å². The van der Waals surface area contributed by atoms with Crippen molar-refractivity contribution >= 4 is 50.7 Å². The van der Waals surface area contributed by atoms with E-state index in [1.807, 2.05) is 13.8 Å². The molecular weight excluding hydrogens is 525 g/mol. The Kier molecular flexibility index (Phi) is 10.9. The first-order chi connectivity index (χ1) is 16.9. The van der Waals surface area contributed by atoms with E-state index in [9.17, 15) is 18.0 Å². The first-order valence-electron chi connectivity index (χ1n) is 11.5. The zero-order valence-corrected chi connectivity index (χ0v) is 23.5. The Morgan fingerprint density at radius 2 is 1.67 bits per heavy atom. The molecule has 8 nitrogen and oxygen atoms in total. The molecule has 1 atom stereocenters. The molecule has 2 aromatic rings. The van der Waals surface area contributed by atoms with Crippen molar-refractivity contribution in [2.24, 2.45) is 5.92 Å². The summed E-state index contributed by atoms with van der Waals surface area (Å²) in [6.45, 7) is 5.75. The van der Waals surface area contributed by atoms with Crippen LogP contribution in [0.25, 0.3) is 0 Å². The van der Waals surface area contributed by atoms with Gasteiger partial charge < -0.3 is 15.0 Å². The molecule has 2 aromatic carbocycles. The average molecular weight is 559 g/mol. The highest BCUT2D eigenvalue weighted by molar-refractivity contribution is 7.92. The maximum absolute atomic E-state index is 13.7. The number of carbonyl (C=O) groups excluding carboxylic acids is 2. The topological polar surface area (TPSA) is 96.0 Å². The van der Waals surface area contributed by atoms with Gasteiger partial charge in [0, 0.05) is 23.1 Å². The molecule has 0 aliphatic rings. The lowest BCUT2D eigenvalue weighted by Gasteiger charge is -2.33. The van der Waals surface area contributed by atoms with Gasteiger partial charge in [-0.3, -0.25) is 13.9 Å². The number of benzene rings is 2. The Labute approximate surface area is 223 Å². The first kappa shape index (κ1) is 29.7. The van der Waals surface area contributed by atoms with Gasteiger partial charge in [0.2, 0.25) is 21.8 Å². The van der Waals surface area contributed by atoms with Crippen molar-refractivity contribution in [3.8, 4) is 5.75 Å². The number of nitrogens with zero attached hydrogens (tertiary/aromatic N) is 2. The summed E-state index contributed by atoms with van der Waals surface area (Å²) in [6, 6.07) is 10.6. The highest BCUT2D eigenvalue weighted by Crippen LogP contribution is 2.33. The van der Waals surface area contributed by atoms with Crippen LogP contribution in [0, 0.1) is 5.92 Å². The van der Waals surface area contributed by atoms with Crippen LogP contribution in [0.5, 0.6) is 5.75 Å². The monoisotopic (exact) mass is 557 g/mol. The van der Waals surface area contributed by atoms with Crippen molar-refractivity contribution in [1.29, 1.82) is 0 Å². The van der Waals surface area contributed by atoms with Crippen LogP contribution in [-0.2, 0) is 26.2 Å². The molecule has 36 heavy (non-hydrogen) atoms. The Balaban J connectivity index is 2.48. The molecule has 1 unspecified atom stereocenters. The molecule has 11 heteroatoms. The van der Waals surface area contributed by atoms with E-state index in [1.54, 1.807) is 37.3 Å². The molecule has 0 bridgehead atoms.